The van der Waals surface area contributed by atoms with Crippen LogP contribution in [0.25, 0.3) is 0 Å². The zero-order chi connectivity index (χ0) is 18.6. The maximum Gasteiger partial charge on any atom is 0.418 e. The van der Waals surface area contributed by atoms with Crippen LogP contribution in [0.4, 0.5) is 30.4 Å². The van der Waals surface area contributed by atoms with E-state index in [1.54, 1.807) is 0 Å². The van der Waals surface area contributed by atoms with Crippen molar-refractivity contribution in [1.29, 1.82) is 0 Å². The molecule has 0 saturated carbocycles. The van der Waals surface area contributed by atoms with Crippen molar-refractivity contribution in [1.82, 2.24) is 4.98 Å². The van der Waals surface area contributed by atoms with Gasteiger partial charge in [0.1, 0.15) is 12.0 Å². The number of hydrogen-bond acceptors (Lipinski definition) is 5. The van der Waals surface area contributed by atoms with Gasteiger partial charge < -0.3 is 10.2 Å². The fourth-order valence-corrected chi connectivity index (χ4v) is 2.04. The minimum absolute atomic E-state index is 0.208. The first-order chi connectivity index (χ1) is 11.7. The quantitative estimate of drug-likeness (QED) is 0.658. The number of carbonyl (C=O) groups is 1. The molecule has 2 rings (SSSR count). The SMILES string of the molecule is CN(CC(=O)Nc1ccccc1C(F)(F)F)c1ccc([N+](=O)[O-])cn1. The van der Waals surface area contributed by atoms with Crippen molar-refractivity contribution in [3.63, 3.8) is 0 Å². The minimum atomic E-state index is -4.59. The van der Waals surface area contributed by atoms with Crippen LogP contribution in [0.3, 0.4) is 0 Å². The second-order valence-electron chi connectivity index (χ2n) is 5.08. The van der Waals surface area contributed by atoms with Gasteiger partial charge in [0.25, 0.3) is 5.69 Å². The molecule has 1 aromatic carbocycles. The second kappa shape index (κ2) is 7.16. The van der Waals surface area contributed by atoms with Crippen molar-refractivity contribution in [3.05, 3.63) is 58.3 Å². The number of alkyl halides is 3. The number of hydrogen-bond donors (Lipinski definition) is 1. The van der Waals surface area contributed by atoms with E-state index in [4.69, 9.17) is 0 Å². The van der Waals surface area contributed by atoms with Gasteiger partial charge >= 0.3 is 6.18 Å². The number of nitrogens with zero attached hydrogens (tertiary/aromatic N) is 3. The highest BCUT2D eigenvalue weighted by molar-refractivity contribution is 5.94. The van der Waals surface area contributed by atoms with E-state index in [9.17, 15) is 28.1 Å². The van der Waals surface area contributed by atoms with Gasteiger partial charge in [0.15, 0.2) is 0 Å². The summed E-state index contributed by atoms with van der Waals surface area (Å²) in [4.78, 5) is 27.2. The maximum absolute atomic E-state index is 12.9. The van der Waals surface area contributed by atoms with Crippen molar-refractivity contribution < 1.29 is 22.9 Å². The van der Waals surface area contributed by atoms with Crippen molar-refractivity contribution in [2.45, 2.75) is 6.18 Å². The standard InChI is InChI=1S/C15H13F3N4O3/c1-21(13-7-6-10(8-19-13)22(24)25)9-14(23)20-12-5-3-2-4-11(12)15(16,17)18/h2-8H,9H2,1H3,(H,20,23). The van der Waals surface area contributed by atoms with Gasteiger partial charge in [-0.25, -0.2) is 4.98 Å². The van der Waals surface area contributed by atoms with Gasteiger partial charge in [-0.3, -0.25) is 14.9 Å². The molecule has 0 unspecified atom stereocenters. The summed E-state index contributed by atoms with van der Waals surface area (Å²) >= 11 is 0. The van der Waals surface area contributed by atoms with Crippen molar-refractivity contribution in [2.75, 3.05) is 23.8 Å². The van der Waals surface area contributed by atoms with Crippen LogP contribution in [0.2, 0.25) is 0 Å². The van der Waals surface area contributed by atoms with Crippen LogP contribution in [0.15, 0.2) is 42.6 Å². The number of pyridine rings is 1. The molecular formula is C15H13F3N4O3. The summed E-state index contributed by atoms with van der Waals surface area (Å²) in [5.74, 6) is -0.413. The number of rotatable bonds is 5. The Morgan fingerprint density at radius 2 is 1.96 bits per heavy atom. The molecule has 0 radical (unpaired) electrons. The summed E-state index contributed by atoms with van der Waals surface area (Å²) in [7, 11) is 1.49. The molecular weight excluding hydrogens is 341 g/mol. The Kier molecular flexibility index (Phi) is 5.20. The van der Waals surface area contributed by atoms with Gasteiger partial charge in [-0.15, -0.1) is 0 Å². The second-order valence-corrected chi connectivity index (χ2v) is 5.08. The first-order valence-corrected chi connectivity index (χ1v) is 6.96. The van der Waals surface area contributed by atoms with E-state index in [0.717, 1.165) is 18.3 Å². The molecule has 25 heavy (non-hydrogen) atoms. The van der Waals surface area contributed by atoms with Gasteiger partial charge in [-0.1, -0.05) is 12.1 Å². The normalized spacial score (nSPS) is 11.0. The van der Waals surface area contributed by atoms with E-state index in [-0.39, 0.29) is 23.7 Å². The number of benzene rings is 1. The molecule has 1 N–H and O–H groups in total. The molecule has 0 aliphatic carbocycles. The maximum atomic E-state index is 12.9. The van der Waals surface area contributed by atoms with E-state index in [1.807, 2.05) is 0 Å². The molecule has 0 aliphatic heterocycles. The first-order valence-electron chi connectivity index (χ1n) is 6.96. The summed E-state index contributed by atoms with van der Waals surface area (Å²) in [5, 5.41) is 12.8. The van der Waals surface area contributed by atoms with Gasteiger partial charge in [0.05, 0.1) is 22.7 Å². The lowest BCUT2D eigenvalue weighted by Gasteiger charge is -2.18. The fraction of sp³-hybridized carbons (Fsp3) is 0.200. The smallest absolute Gasteiger partial charge is 0.350 e. The van der Waals surface area contributed by atoms with E-state index in [2.05, 4.69) is 10.3 Å². The number of halogens is 3. The summed E-state index contributed by atoms with van der Waals surface area (Å²) < 4.78 is 38.7. The van der Waals surface area contributed by atoms with Crippen molar-refractivity contribution in [2.24, 2.45) is 0 Å². The molecule has 1 heterocycles. The fourth-order valence-electron chi connectivity index (χ4n) is 2.04. The summed E-state index contributed by atoms with van der Waals surface area (Å²) in [6.07, 6.45) is -3.56. The Morgan fingerprint density at radius 1 is 1.28 bits per heavy atom. The van der Waals surface area contributed by atoms with Gasteiger partial charge in [-0.2, -0.15) is 13.2 Å². The highest BCUT2D eigenvalue weighted by Gasteiger charge is 2.33. The van der Waals surface area contributed by atoms with E-state index in [1.165, 1.54) is 36.2 Å². The summed E-state index contributed by atoms with van der Waals surface area (Å²) in [6, 6.07) is 7.20. The Hall–Kier alpha value is -3.17. The van der Waals surface area contributed by atoms with Gasteiger partial charge in [0, 0.05) is 13.1 Å². The molecule has 0 spiro atoms. The first kappa shape index (κ1) is 18.2. The number of amides is 1. The number of aromatic nitrogens is 1. The lowest BCUT2D eigenvalue weighted by Crippen LogP contribution is -2.31. The van der Waals surface area contributed by atoms with E-state index in [0.29, 0.717) is 0 Å². The zero-order valence-corrected chi connectivity index (χ0v) is 12.9. The number of para-hydroxylation sites is 1. The Morgan fingerprint density at radius 3 is 2.52 bits per heavy atom. The van der Waals surface area contributed by atoms with Crippen LogP contribution in [-0.2, 0) is 11.0 Å². The molecule has 0 atom stereocenters. The molecule has 1 amide bonds. The van der Waals surface area contributed by atoms with Gasteiger partial charge in [0.2, 0.25) is 5.91 Å². The molecule has 0 fully saturated rings. The van der Waals surface area contributed by atoms with Crippen LogP contribution in [0, 0.1) is 10.1 Å². The summed E-state index contributed by atoms with van der Waals surface area (Å²) in [5.41, 5.74) is -1.50. The number of carbonyl (C=O) groups excluding carboxylic acids is 1. The monoisotopic (exact) mass is 354 g/mol. The average molecular weight is 354 g/mol. The highest BCUT2D eigenvalue weighted by Crippen LogP contribution is 2.34. The predicted octanol–water partition coefficient (Wildman–Crippen LogP) is 3.08. The third kappa shape index (κ3) is 4.66. The molecule has 0 bridgehead atoms. The minimum Gasteiger partial charge on any atom is -0.350 e. The lowest BCUT2D eigenvalue weighted by atomic mass is 10.1. The Labute approximate surface area is 140 Å². The highest BCUT2D eigenvalue weighted by atomic mass is 19.4. The third-order valence-electron chi connectivity index (χ3n) is 3.22. The molecule has 7 nitrogen and oxygen atoms in total. The molecule has 0 saturated heterocycles. The topological polar surface area (TPSA) is 88.4 Å². The van der Waals surface area contributed by atoms with Crippen LogP contribution in [0.5, 0.6) is 0 Å². The molecule has 1 aromatic heterocycles. The third-order valence-corrected chi connectivity index (χ3v) is 3.22. The zero-order valence-electron chi connectivity index (χ0n) is 12.9. The van der Waals surface area contributed by atoms with Crippen molar-refractivity contribution in [3.8, 4) is 0 Å². The number of likely N-dealkylation sites (N-methyl/N-ethyl adjacent to an activating group) is 1. The Bertz CT molecular complexity index is 778. The van der Waals surface area contributed by atoms with Crippen LogP contribution in [0.1, 0.15) is 5.56 Å². The molecule has 10 heteroatoms. The molecule has 0 aliphatic rings. The lowest BCUT2D eigenvalue weighted by molar-refractivity contribution is -0.385. The molecule has 2 aromatic rings. The average Bonchev–Trinajstić information content (AvgIpc) is 2.54. The van der Waals surface area contributed by atoms with E-state index >= 15 is 0 Å². The van der Waals surface area contributed by atoms with Crippen molar-refractivity contribution >= 4 is 23.1 Å². The molecule has 132 valence electrons. The number of anilines is 2. The van der Waals surface area contributed by atoms with Crippen LogP contribution < -0.4 is 10.2 Å². The van der Waals surface area contributed by atoms with E-state index < -0.39 is 22.6 Å². The predicted molar refractivity (Wildman–Crippen MR) is 84.2 cm³/mol. The number of nitro groups is 1. The largest absolute Gasteiger partial charge is 0.418 e. The Balaban J connectivity index is 2.06. The van der Waals surface area contributed by atoms with Crippen LogP contribution >= 0.6 is 0 Å². The van der Waals surface area contributed by atoms with Crippen LogP contribution in [-0.4, -0.2) is 29.4 Å². The summed E-state index contributed by atoms with van der Waals surface area (Å²) in [6.45, 7) is -0.281. The number of nitrogens with one attached hydrogen (secondary N) is 1. The van der Waals surface area contributed by atoms with Gasteiger partial charge in [-0.05, 0) is 18.2 Å².